The zero-order chi connectivity index (χ0) is 23.7. The summed E-state index contributed by atoms with van der Waals surface area (Å²) in [6.45, 7) is 1.78. The summed E-state index contributed by atoms with van der Waals surface area (Å²) in [5.41, 5.74) is 2.38. The lowest BCUT2D eigenvalue weighted by atomic mass is 9.69. The zero-order valence-electron chi connectivity index (χ0n) is 19.3. The van der Waals surface area contributed by atoms with Gasteiger partial charge in [0.05, 0.1) is 34.7 Å². The number of rotatable bonds is 6. The molecule has 0 spiro atoms. The molecular weight excluding hydrogens is 426 g/mol. The number of carbonyl (C=O) groups is 2. The number of esters is 1. The molecule has 3 atom stereocenters. The molecular formula is C25H27NO7. The van der Waals surface area contributed by atoms with Crippen LogP contribution in [-0.4, -0.2) is 45.9 Å². The summed E-state index contributed by atoms with van der Waals surface area (Å²) >= 11 is 0. The van der Waals surface area contributed by atoms with Crippen LogP contribution in [0.25, 0.3) is 0 Å². The Morgan fingerprint density at radius 1 is 1.03 bits per heavy atom. The average Bonchev–Trinajstić information content (AvgIpc) is 3.36. The highest BCUT2D eigenvalue weighted by Gasteiger charge is 2.46. The van der Waals surface area contributed by atoms with Gasteiger partial charge in [0.1, 0.15) is 17.4 Å². The highest BCUT2D eigenvalue weighted by Crippen LogP contribution is 2.50. The SMILES string of the molecule is COC(=O)C1C(C)=NC2=C(C(=O)CC(c3ccco3)C2)C1c1cc(OC)c(OC)cc1OC. The number of benzene rings is 1. The van der Waals surface area contributed by atoms with Gasteiger partial charge in [0, 0.05) is 53.3 Å². The van der Waals surface area contributed by atoms with E-state index in [1.807, 2.05) is 12.1 Å². The van der Waals surface area contributed by atoms with Crippen molar-refractivity contribution in [1.82, 2.24) is 0 Å². The number of furan rings is 1. The normalized spacial score (nSPS) is 22.4. The average molecular weight is 453 g/mol. The van der Waals surface area contributed by atoms with Crippen molar-refractivity contribution < 1.29 is 33.0 Å². The molecule has 1 aliphatic carbocycles. The third-order valence-electron chi connectivity index (χ3n) is 6.36. The first-order valence-electron chi connectivity index (χ1n) is 10.7. The molecule has 2 heterocycles. The first kappa shape index (κ1) is 22.6. The Morgan fingerprint density at radius 3 is 2.33 bits per heavy atom. The van der Waals surface area contributed by atoms with Crippen molar-refractivity contribution in [2.75, 3.05) is 28.4 Å². The second kappa shape index (κ2) is 9.13. The summed E-state index contributed by atoms with van der Waals surface area (Å²) in [6.07, 6.45) is 2.40. The molecule has 4 rings (SSSR count). The Labute approximate surface area is 192 Å². The van der Waals surface area contributed by atoms with E-state index in [2.05, 4.69) is 0 Å². The van der Waals surface area contributed by atoms with E-state index >= 15 is 0 Å². The van der Waals surface area contributed by atoms with Gasteiger partial charge in [-0.25, -0.2) is 0 Å². The number of carbonyl (C=O) groups excluding carboxylic acids is 2. The molecule has 0 bridgehead atoms. The van der Waals surface area contributed by atoms with E-state index in [0.29, 0.717) is 46.2 Å². The minimum atomic E-state index is -0.773. The Morgan fingerprint density at radius 2 is 1.73 bits per heavy atom. The minimum absolute atomic E-state index is 0.0790. The lowest BCUT2D eigenvalue weighted by molar-refractivity contribution is -0.143. The number of ether oxygens (including phenoxy) is 4. The molecule has 3 unspecified atom stereocenters. The second-order valence-electron chi connectivity index (χ2n) is 8.08. The number of ketones is 1. The molecule has 0 N–H and O–H groups in total. The van der Waals surface area contributed by atoms with E-state index in [1.165, 1.54) is 28.4 Å². The lowest BCUT2D eigenvalue weighted by Crippen LogP contribution is -2.38. The van der Waals surface area contributed by atoms with Gasteiger partial charge in [0.15, 0.2) is 17.3 Å². The Bertz CT molecular complexity index is 1130. The molecule has 1 aromatic carbocycles. The van der Waals surface area contributed by atoms with Gasteiger partial charge >= 0.3 is 5.97 Å². The summed E-state index contributed by atoms with van der Waals surface area (Å²) in [4.78, 5) is 31.2. The minimum Gasteiger partial charge on any atom is -0.496 e. The van der Waals surface area contributed by atoms with Gasteiger partial charge in [-0.15, -0.1) is 0 Å². The molecule has 174 valence electrons. The maximum atomic E-state index is 13.5. The number of nitrogens with zero attached hydrogens (tertiary/aromatic N) is 1. The fraction of sp³-hybridized carbons (Fsp3) is 0.400. The van der Waals surface area contributed by atoms with Crippen molar-refractivity contribution in [1.29, 1.82) is 0 Å². The van der Waals surface area contributed by atoms with Gasteiger partial charge in [-0.3, -0.25) is 14.6 Å². The maximum absolute atomic E-state index is 13.5. The highest BCUT2D eigenvalue weighted by atomic mass is 16.5. The van der Waals surface area contributed by atoms with Crippen LogP contribution in [0.5, 0.6) is 17.2 Å². The largest absolute Gasteiger partial charge is 0.496 e. The molecule has 8 heteroatoms. The van der Waals surface area contributed by atoms with Gasteiger partial charge in [-0.2, -0.15) is 0 Å². The van der Waals surface area contributed by atoms with E-state index in [4.69, 9.17) is 28.4 Å². The zero-order valence-corrected chi connectivity index (χ0v) is 19.3. The maximum Gasteiger partial charge on any atom is 0.315 e. The summed E-state index contributed by atoms with van der Waals surface area (Å²) in [6, 6.07) is 7.13. The predicted molar refractivity (Wildman–Crippen MR) is 120 cm³/mol. The molecule has 0 fully saturated rings. The number of allylic oxidation sites excluding steroid dienone is 2. The van der Waals surface area contributed by atoms with Crippen LogP contribution in [0.2, 0.25) is 0 Å². The molecule has 2 aliphatic rings. The summed E-state index contributed by atoms with van der Waals surface area (Å²) in [5, 5.41) is 0. The Hall–Kier alpha value is -3.55. The van der Waals surface area contributed by atoms with Crippen LogP contribution in [0.3, 0.4) is 0 Å². The van der Waals surface area contributed by atoms with Gasteiger partial charge < -0.3 is 23.4 Å². The molecule has 2 aromatic rings. The smallest absolute Gasteiger partial charge is 0.315 e. The van der Waals surface area contributed by atoms with E-state index < -0.39 is 17.8 Å². The number of hydrogen-bond donors (Lipinski definition) is 0. The molecule has 1 aliphatic heterocycles. The third-order valence-corrected chi connectivity index (χ3v) is 6.36. The Balaban J connectivity index is 1.91. The highest BCUT2D eigenvalue weighted by molar-refractivity contribution is 6.09. The lowest BCUT2D eigenvalue weighted by Gasteiger charge is -2.36. The van der Waals surface area contributed by atoms with E-state index in [1.54, 1.807) is 25.3 Å². The van der Waals surface area contributed by atoms with Crippen molar-refractivity contribution in [2.24, 2.45) is 10.9 Å². The van der Waals surface area contributed by atoms with Crippen LogP contribution < -0.4 is 14.2 Å². The number of aliphatic imine (C=N–C) groups is 1. The summed E-state index contributed by atoms with van der Waals surface area (Å²) < 4.78 is 27.2. The number of Topliss-reactive ketones (excluding diaryl/α,β-unsaturated/α-hetero) is 1. The van der Waals surface area contributed by atoms with Crippen molar-refractivity contribution in [3.63, 3.8) is 0 Å². The van der Waals surface area contributed by atoms with Crippen molar-refractivity contribution in [2.45, 2.75) is 31.6 Å². The molecule has 33 heavy (non-hydrogen) atoms. The second-order valence-corrected chi connectivity index (χ2v) is 8.08. The molecule has 0 amide bonds. The standard InChI is InChI=1S/C25H27NO7/c1-13-22(25(28)32-5)23(15-11-20(30-3)21(31-4)12-19(15)29-2)24-16(26-13)9-14(10-17(24)27)18-7-6-8-33-18/h6-8,11-12,14,22-23H,9-10H2,1-5H3. The van der Waals surface area contributed by atoms with Crippen LogP contribution in [-0.2, 0) is 14.3 Å². The summed E-state index contributed by atoms with van der Waals surface area (Å²) in [5.74, 6) is 0.120. The first-order valence-corrected chi connectivity index (χ1v) is 10.7. The van der Waals surface area contributed by atoms with E-state index in [9.17, 15) is 9.59 Å². The summed E-state index contributed by atoms with van der Waals surface area (Å²) in [7, 11) is 5.93. The van der Waals surface area contributed by atoms with Crippen LogP contribution in [0.1, 0.15) is 42.9 Å². The number of methoxy groups -OCH3 is 4. The quantitative estimate of drug-likeness (QED) is 0.609. The van der Waals surface area contributed by atoms with Gasteiger partial charge in [0.2, 0.25) is 0 Å². The molecule has 8 nitrogen and oxygen atoms in total. The number of hydrogen-bond acceptors (Lipinski definition) is 8. The van der Waals surface area contributed by atoms with E-state index in [-0.39, 0.29) is 18.1 Å². The van der Waals surface area contributed by atoms with Crippen LogP contribution in [0.15, 0.2) is 51.2 Å². The van der Waals surface area contributed by atoms with Crippen LogP contribution in [0, 0.1) is 5.92 Å². The molecule has 0 saturated heterocycles. The first-order chi connectivity index (χ1) is 15.9. The predicted octanol–water partition coefficient (Wildman–Crippen LogP) is 4.05. The van der Waals surface area contributed by atoms with Crippen LogP contribution in [0.4, 0.5) is 0 Å². The fourth-order valence-electron chi connectivity index (χ4n) is 4.85. The van der Waals surface area contributed by atoms with Crippen molar-refractivity contribution in [3.05, 3.63) is 53.1 Å². The van der Waals surface area contributed by atoms with Crippen molar-refractivity contribution >= 4 is 17.5 Å². The van der Waals surface area contributed by atoms with E-state index in [0.717, 1.165) is 5.76 Å². The van der Waals surface area contributed by atoms with Gasteiger partial charge in [0.25, 0.3) is 0 Å². The van der Waals surface area contributed by atoms with Crippen LogP contribution >= 0.6 is 0 Å². The fourth-order valence-corrected chi connectivity index (χ4v) is 4.85. The van der Waals surface area contributed by atoms with Gasteiger partial charge in [-0.05, 0) is 25.1 Å². The van der Waals surface area contributed by atoms with Crippen molar-refractivity contribution in [3.8, 4) is 17.2 Å². The monoisotopic (exact) mass is 453 g/mol. The third kappa shape index (κ3) is 3.90. The topological polar surface area (TPSA) is 96.6 Å². The molecule has 0 saturated carbocycles. The molecule has 0 radical (unpaired) electrons. The van der Waals surface area contributed by atoms with Gasteiger partial charge in [-0.1, -0.05) is 0 Å². The Kier molecular flexibility index (Phi) is 6.26. The molecule has 1 aromatic heterocycles.